The molecule has 1 aliphatic carbocycles. The third-order valence-electron chi connectivity index (χ3n) is 4.71. The van der Waals surface area contributed by atoms with Crippen LogP contribution >= 0.6 is 0 Å². The number of hydrogen-bond acceptors (Lipinski definition) is 2. The Balaban J connectivity index is 2.04. The van der Waals surface area contributed by atoms with E-state index in [1.54, 1.807) is 0 Å². The molecule has 2 unspecified atom stereocenters. The van der Waals surface area contributed by atoms with Gasteiger partial charge in [0.1, 0.15) is 0 Å². The highest BCUT2D eigenvalue weighted by molar-refractivity contribution is 4.95. The number of nitrogens with zero attached hydrogens (tertiary/aromatic N) is 1. The van der Waals surface area contributed by atoms with Gasteiger partial charge in [-0.05, 0) is 44.7 Å². The van der Waals surface area contributed by atoms with Gasteiger partial charge in [0, 0.05) is 18.6 Å². The minimum Gasteiger partial charge on any atom is -0.318 e. The molecule has 1 N–H and O–H groups in total. The molecule has 2 atom stereocenters. The fourth-order valence-corrected chi connectivity index (χ4v) is 3.81. The first-order chi connectivity index (χ1) is 7.65. The van der Waals surface area contributed by atoms with E-state index < -0.39 is 0 Å². The SMILES string of the molecule is CNCC1CCCN1C1CCCCC1(C)C. The third kappa shape index (κ3) is 2.43. The van der Waals surface area contributed by atoms with Crippen LogP contribution in [-0.2, 0) is 0 Å². The van der Waals surface area contributed by atoms with Gasteiger partial charge in [0.2, 0.25) is 0 Å². The fraction of sp³-hybridized carbons (Fsp3) is 1.00. The maximum Gasteiger partial charge on any atom is 0.0224 e. The summed E-state index contributed by atoms with van der Waals surface area (Å²) in [4.78, 5) is 2.82. The molecule has 2 nitrogen and oxygen atoms in total. The Morgan fingerprint density at radius 2 is 2.00 bits per heavy atom. The van der Waals surface area contributed by atoms with Crippen molar-refractivity contribution in [2.75, 3.05) is 20.1 Å². The van der Waals surface area contributed by atoms with Gasteiger partial charge in [0.25, 0.3) is 0 Å². The zero-order chi connectivity index (χ0) is 11.6. The second-order valence-electron chi connectivity index (χ2n) is 6.34. The largest absolute Gasteiger partial charge is 0.318 e. The van der Waals surface area contributed by atoms with E-state index in [1.807, 2.05) is 0 Å². The Labute approximate surface area is 101 Å². The summed E-state index contributed by atoms with van der Waals surface area (Å²) in [6, 6.07) is 1.63. The van der Waals surface area contributed by atoms with Gasteiger partial charge in [-0.2, -0.15) is 0 Å². The lowest BCUT2D eigenvalue weighted by Gasteiger charge is -2.46. The van der Waals surface area contributed by atoms with E-state index in [0.717, 1.165) is 12.1 Å². The Hall–Kier alpha value is -0.0800. The molecule has 2 rings (SSSR count). The van der Waals surface area contributed by atoms with Gasteiger partial charge >= 0.3 is 0 Å². The van der Waals surface area contributed by atoms with Crippen LogP contribution in [0.2, 0.25) is 0 Å². The first kappa shape index (κ1) is 12.4. The predicted molar refractivity (Wildman–Crippen MR) is 69.7 cm³/mol. The van der Waals surface area contributed by atoms with E-state index in [4.69, 9.17) is 0 Å². The Morgan fingerprint density at radius 1 is 1.19 bits per heavy atom. The summed E-state index contributed by atoms with van der Waals surface area (Å²) in [6.45, 7) is 7.46. The molecule has 2 aliphatic rings. The minimum absolute atomic E-state index is 0.536. The fourth-order valence-electron chi connectivity index (χ4n) is 3.81. The first-order valence-corrected chi connectivity index (χ1v) is 7.05. The molecule has 0 radical (unpaired) electrons. The van der Waals surface area contributed by atoms with Gasteiger partial charge in [0.15, 0.2) is 0 Å². The van der Waals surface area contributed by atoms with Crippen molar-refractivity contribution in [2.45, 2.75) is 64.5 Å². The number of hydrogen-bond donors (Lipinski definition) is 1. The molecule has 0 aromatic carbocycles. The second kappa shape index (κ2) is 5.05. The first-order valence-electron chi connectivity index (χ1n) is 7.05. The average Bonchev–Trinajstić information content (AvgIpc) is 2.66. The molecule has 1 saturated carbocycles. The molecule has 0 aromatic heterocycles. The van der Waals surface area contributed by atoms with E-state index in [0.29, 0.717) is 5.41 Å². The Morgan fingerprint density at radius 3 is 2.69 bits per heavy atom. The maximum atomic E-state index is 3.36. The van der Waals surface area contributed by atoms with Crippen LogP contribution in [0, 0.1) is 5.41 Å². The summed E-state index contributed by atoms with van der Waals surface area (Å²) < 4.78 is 0. The Bertz CT molecular complexity index is 225. The maximum absolute atomic E-state index is 3.36. The van der Waals surface area contributed by atoms with Gasteiger partial charge < -0.3 is 5.32 Å². The van der Waals surface area contributed by atoms with E-state index in [9.17, 15) is 0 Å². The minimum atomic E-state index is 0.536. The van der Waals surface area contributed by atoms with Gasteiger partial charge in [-0.1, -0.05) is 26.7 Å². The predicted octanol–water partition coefficient (Wildman–Crippen LogP) is 2.64. The van der Waals surface area contributed by atoms with Crippen LogP contribution in [0.25, 0.3) is 0 Å². The average molecular weight is 224 g/mol. The number of rotatable bonds is 3. The molecule has 16 heavy (non-hydrogen) atoms. The number of nitrogens with one attached hydrogen (secondary N) is 1. The highest BCUT2D eigenvalue weighted by atomic mass is 15.2. The van der Waals surface area contributed by atoms with Crippen LogP contribution in [0.3, 0.4) is 0 Å². The van der Waals surface area contributed by atoms with Crippen LogP contribution in [0.4, 0.5) is 0 Å². The standard InChI is InChI=1S/C14H28N2/c1-14(2)9-5-4-8-13(14)16-10-6-7-12(16)11-15-3/h12-13,15H,4-11H2,1-3H3. The van der Waals surface area contributed by atoms with E-state index in [-0.39, 0.29) is 0 Å². The van der Waals surface area contributed by atoms with Crippen molar-refractivity contribution in [3.8, 4) is 0 Å². The summed E-state index contributed by atoms with van der Waals surface area (Å²) in [6.07, 6.45) is 8.52. The van der Waals surface area contributed by atoms with Crippen molar-refractivity contribution >= 4 is 0 Å². The summed E-state index contributed by atoms with van der Waals surface area (Å²) in [5.74, 6) is 0. The van der Waals surface area contributed by atoms with Crippen molar-refractivity contribution in [2.24, 2.45) is 5.41 Å². The quantitative estimate of drug-likeness (QED) is 0.793. The van der Waals surface area contributed by atoms with E-state index in [1.165, 1.54) is 51.6 Å². The monoisotopic (exact) mass is 224 g/mol. The van der Waals surface area contributed by atoms with Gasteiger partial charge in [0.05, 0.1) is 0 Å². The highest BCUT2D eigenvalue weighted by Gasteiger charge is 2.40. The lowest BCUT2D eigenvalue weighted by molar-refractivity contribution is 0.0404. The van der Waals surface area contributed by atoms with Crippen LogP contribution in [0.1, 0.15) is 52.4 Å². The van der Waals surface area contributed by atoms with Gasteiger partial charge in [-0.15, -0.1) is 0 Å². The summed E-state index contributed by atoms with van der Waals surface area (Å²) in [7, 11) is 2.09. The van der Waals surface area contributed by atoms with Crippen LogP contribution in [0.5, 0.6) is 0 Å². The van der Waals surface area contributed by atoms with Gasteiger partial charge in [-0.25, -0.2) is 0 Å². The molecule has 0 aromatic rings. The number of likely N-dealkylation sites (N-methyl/N-ethyl adjacent to an activating group) is 1. The van der Waals surface area contributed by atoms with Gasteiger partial charge in [-0.3, -0.25) is 4.90 Å². The molecule has 2 heteroatoms. The summed E-state index contributed by atoms with van der Waals surface area (Å²) >= 11 is 0. The molecule has 0 bridgehead atoms. The Kier molecular flexibility index (Phi) is 3.91. The molecule has 2 fully saturated rings. The van der Waals surface area contributed by atoms with Crippen molar-refractivity contribution in [1.82, 2.24) is 10.2 Å². The van der Waals surface area contributed by atoms with Crippen LogP contribution < -0.4 is 5.32 Å². The van der Waals surface area contributed by atoms with Crippen molar-refractivity contribution < 1.29 is 0 Å². The van der Waals surface area contributed by atoms with E-state index in [2.05, 4.69) is 31.1 Å². The molecule has 94 valence electrons. The van der Waals surface area contributed by atoms with Crippen molar-refractivity contribution in [3.05, 3.63) is 0 Å². The van der Waals surface area contributed by atoms with E-state index >= 15 is 0 Å². The van der Waals surface area contributed by atoms with Crippen LogP contribution in [0.15, 0.2) is 0 Å². The number of likely N-dealkylation sites (tertiary alicyclic amines) is 1. The zero-order valence-electron chi connectivity index (χ0n) is 11.3. The lowest BCUT2D eigenvalue weighted by Crippen LogP contribution is -2.51. The highest BCUT2D eigenvalue weighted by Crippen LogP contribution is 2.41. The smallest absolute Gasteiger partial charge is 0.0224 e. The van der Waals surface area contributed by atoms with Crippen LogP contribution in [-0.4, -0.2) is 37.1 Å². The second-order valence-corrected chi connectivity index (χ2v) is 6.34. The third-order valence-corrected chi connectivity index (χ3v) is 4.71. The summed E-state index contributed by atoms with van der Waals surface area (Å²) in [5, 5.41) is 3.36. The summed E-state index contributed by atoms with van der Waals surface area (Å²) in [5.41, 5.74) is 0.536. The molecule has 1 saturated heterocycles. The lowest BCUT2D eigenvalue weighted by atomic mass is 9.72. The molecule has 0 spiro atoms. The normalized spacial score (nSPS) is 35.4. The molecule has 1 aliphatic heterocycles. The topological polar surface area (TPSA) is 15.3 Å². The zero-order valence-corrected chi connectivity index (χ0v) is 11.3. The molecule has 0 amide bonds. The van der Waals surface area contributed by atoms with Crippen molar-refractivity contribution in [1.29, 1.82) is 0 Å². The van der Waals surface area contributed by atoms with Crippen molar-refractivity contribution in [3.63, 3.8) is 0 Å². The molecular formula is C14H28N2. The molecular weight excluding hydrogens is 196 g/mol. The molecule has 1 heterocycles.